The largest absolute Gasteiger partial charge is 0.380 e. The van der Waals surface area contributed by atoms with Crippen molar-refractivity contribution in [3.05, 3.63) is 23.4 Å². The average molecular weight is 293 g/mol. The van der Waals surface area contributed by atoms with Gasteiger partial charge in [-0.2, -0.15) is 0 Å². The summed E-state index contributed by atoms with van der Waals surface area (Å²) in [6.45, 7) is 12.4. The highest BCUT2D eigenvalue weighted by Crippen LogP contribution is 2.14. The van der Waals surface area contributed by atoms with Gasteiger partial charge in [-0.1, -0.05) is 13.3 Å². The zero-order valence-corrected chi connectivity index (χ0v) is 14.4. The van der Waals surface area contributed by atoms with Crippen molar-refractivity contribution in [1.29, 1.82) is 0 Å². The number of hydrogen-bond donors (Lipinski definition) is 2. The van der Waals surface area contributed by atoms with E-state index < -0.39 is 0 Å². The van der Waals surface area contributed by atoms with Crippen LogP contribution < -0.4 is 10.6 Å². The monoisotopic (exact) mass is 293 g/mol. The van der Waals surface area contributed by atoms with Gasteiger partial charge in [-0.3, -0.25) is 0 Å². The predicted molar refractivity (Wildman–Crippen MR) is 89.8 cm³/mol. The Morgan fingerprint density at radius 3 is 2.57 bits per heavy atom. The van der Waals surface area contributed by atoms with Crippen molar-refractivity contribution in [3.63, 3.8) is 0 Å². The van der Waals surface area contributed by atoms with Gasteiger partial charge in [0.2, 0.25) is 0 Å². The summed E-state index contributed by atoms with van der Waals surface area (Å²) in [4.78, 5) is 4.68. The summed E-state index contributed by atoms with van der Waals surface area (Å²) in [5, 5.41) is 6.90. The highest BCUT2D eigenvalue weighted by Gasteiger charge is 2.10. The van der Waals surface area contributed by atoms with Crippen LogP contribution in [0.3, 0.4) is 0 Å². The Morgan fingerprint density at radius 1 is 1.29 bits per heavy atom. The number of methoxy groups -OCH3 is 1. The Balaban J connectivity index is 2.79. The summed E-state index contributed by atoms with van der Waals surface area (Å²) >= 11 is 0. The van der Waals surface area contributed by atoms with Crippen molar-refractivity contribution in [1.82, 2.24) is 10.3 Å². The Morgan fingerprint density at radius 2 is 2.00 bits per heavy atom. The molecular weight excluding hydrogens is 262 g/mol. The van der Waals surface area contributed by atoms with Crippen LogP contribution in [0.4, 0.5) is 5.82 Å². The molecule has 0 saturated carbocycles. The number of aromatic nitrogens is 1. The molecule has 0 aliphatic carbocycles. The molecule has 0 spiro atoms. The molecule has 1 rings (SSSR count). The average Bonchev–Trinajstić information content (AvgIpc) is 2.42. The molecule has 1 aromatic rings. The smallest absolute Gasteiger partial charge is 0.126 e. The molecule has 0 aromatic carbocycles. The van der Waals surface area contributed by atoms with Crippen molar-refractivity contribution in [2.75, 3.05) is 19.0 Å². The fraction of sp³-hybridized carbons (Fsp3) is 0.706. The SMILES string of the molecule is CCCc1cc(CNC(C)(C)C)cc(NCC(C)OC)n1. The fourth-order valence-corrected chi connectivity index (χ4v) is 1.93. The Labute approximate surface area is 129 Å². The lowest BCUT2D eigenvalue weighted by Crippen LogP contribution is -2.35. The predicted octanol–water partition coefficient (Wildman–Crippen LogP) is 3.37. The molecule has 1 unspecified atom stereocenters. The van der Waals surface area contributed by atoms with Gasteiger partial charge in [0.15, 0.2) is 0 Å². The molecule has 2 N–H and O–H groups in total. The molecule has 4 heteroatoms. The molecule has 0 radical (unpaired) electrons. The Hall–Kier alpha value is -1.13. The molecule has 120 valence electrons. The van der Waals surface area contributed by atoms with E-state index in [1.807, 2.05) is 6.92 Å². The summed E-state index contributed by atoms with van der Waals surface area (Å²) in [7, 11) is 1.73. The number of ether oxygens (including phenoxy) is 1. The number of nitrogens with one attached hydrogen (secondary N) is 2. The second kappa shape index (κ2) is 8.35. The number of rotatable bonds is 8. The zero-order valence-electron chi connectivity index (χ0n) is 14.4. The van der Waals surface area contributed by atoms with Gasteiger partial charge < -0.3 is 15.4 Å². The molecule has 0 bridgehead atoms. The Kier molecular flexibility index (Phi) is 7.12. The summed E-state index contributed by atoms with van der Waals surface area (Å²) < 4.78 is 5.27. The molecule has 0 aliphatic heterocycles. The summed E-state index contributed by atoms with van der Waals surface area (Å²) in [6.07, 6.45) is 2.30. The molecule has 0 saturated heterocycles. The van der Waals surface area contributed by atoms with Crippen LogP contribution in [0.1, 0.15) is 52.3 Å². The van der Waals surface area contributed by atoms with E-state index >= 15 is 0 Å². The summed E-state index contributed by atoms with van der Waals surface area (Å²) in [5.74, 6) is 0.940. The third kappa shape index (κ3) is 7.44. The van der Waals surface area contributed by atoms with Gasteiger partial charge in [0.25, 0.3) is 0 Å². The van der Waals surface area contributed by atoms with Crippen LogP contribution in [0.2, 0.25) is 0 Å². The summed E-state index contributed by atoms with van der Waals surface area (Å²) in [6, 6.07) is 4.33. The van der Waals surface area contributed by atoms with Gasteiger partial charge in [0, 0.05) is 31.4 Å². The minimum Gasteiger partial charge on any atom is -0.380 e. The van der Waals surface area contributed by atoms with Crippen molar-refractivity contribution < 1.29 is 4.74 Å². The number of hydrogen-bond acceptors (Lipinski definition) is 4. The minimum atomic E-state index is 0.117. The molecule has 0 aliphatic rings. The minimum absolute atomic E-state index is 0.117. The lowest BCUT2D eigenvalue weighted by Gasteiger charge is -2.21. The van der Waals surface area contributed by atoms with Crippen LogP contribution in [0, 0.1) is 0 Å². The van der Waals surface area contributed by atoms with E-state index in [1.165, 1.54) is 5.56 Å². The Bertz CT molecular complexity index is 427. The molecule has 1 aromatic heterocycles. The molecule has 0 fully saturated rings. The molecule has 1 atom stereocenters. The molecule has 4 nitrogen and oxygen atoms in total. The standard InChI is InChI=1S/C17H31N3O/c1-7-8-15-9-14(12-19-17(3,4)5)10-16(20-15)18-11-13(2)21-6/h9-10,13,19H,7-8,11-12H2,1-6H3,(H,18,20). The van der Waals surface area contributed by atoms with Crippen LogP contribution >= 0.6 is 0 Å². The van der Waals surface area contributed by atoms with E-state index in [1.54, 1.807) is 7.11 Å². The molecule has 21 heavy (non-hydrogen) atoms. The van der Waals surface area contributed by atoms with Crippen molar-refractivity contribution in [2.45, 2.75) is 65.6 Å². The third-order valence-electron chi connectivity index (χ3n) is 3.24. The van der Waals surface area contributed by atoms with E-state index in [9.17, 15) is 0 Å². The lowest BCUT2D eigenvalue weighted by atomic mass is 10.1. The second-order valence-corrected chi connectivity index (χ2v) is 6.63. The fourth-order valence-electron chi connectivity index (χ4n) is 1.93. The zero-order chi connectivity index (χ0) is 15.9. The normalized spacial score (nSPS) is 13.2. The first-order chi connectivity index (χ1) is 9.84. The maximum Gasteiger partial charge on any atom is 0.126 e. The maximum absolute atomic E-state index is 5.27. The number of pyridine rings is 1. The van der Waals surface area contributed by atoms with Crippen LogP contribution in [-0.2, 0) is 17.7 Å². The molecular formula is C17H31N3O. The van der Waals surface area contributed by atoms with E-state index in [4.69, 9.17) is 4.74 Å². The van der Waals surface area contributed by atoms with Crippen LogP contribution in [0.15, 0.2) is 12.1 Å². The van der Waals surface area contributed by atoms with E-state index in [2.05, 4.69) is 55.4 Å². The van der Waals surface area contributed by atoms with E-state index in [0.717, 1.165) is 37.4 Å². The molecule has 1 heterocycles. The number of nitrogens with zero attached hydrogens (tertiary/aromatic N) is 1. The van der Waals surface area contributed by atoms with Crippen molar-refractivity contribution in [2.24, 2.45) is 0 Å². The lowest BCUT2D eigenvalue weighted by molar-refractivity contribution is 0.128. The van der Waals surface area contributed by atoms with E-state index in [-0.39, 0.29) is 11.6 Å². The third-order valence-corrected chi connectivity index (χ3v) is 3.24. The number of aryl methyl sites for hydroxylation is 1. The first-order valence-corrected chi connectivity index (χ1v) is 7.85. The van der Waals surface area contributed by atoms with Gasteiger partial charge in [-0.05, 0) is 51.8 Å². The van der Waals surface area contributed by atoms with E-state index in [0.29, 0.717) is 0 Å². The van der Waals surface area contributed by atoms with Crippen LogP contribution in [-0.4, -0.2) is 30.3 Å². The first-order valence-electron chi connectivity index (χ1n) is 7.85. The first kappa shape index (κ1) is 17.9. The highest BCUT2D eigenvalue weighted by atomic mass is 16.5. The summed E-state index contributed by atoms with van der Waals surface area (Å²) in [5.41, 5.74) is 2.54. The van der Waals surface area contributed by atoms with Crippen LogP contribution in [0.5, 0.6) is 0 Å². The maximum atomic E-state index is 5.27. The van der Waals surface area contributed by atoms with Gasteiger partial charge in [-0.15, -0.1) is 0 Å². The highest BCUT2D eigenvalue weighted by molar-refractivity contribution is 5.40. The van der Waals surface area contributed by atoms with Crippen molar-refractivity contribution >= 4 is 5.82 Å². The topological polar surface area (TPSA) is 46.2 Å². The number of anilines is 1. The van der Waals surface area contributed by atoms with Gasteiger partial charge in [0.05, 0.1) is 6.10 Å². The molecule has 0 amide bonds. The van der Waals surface area contributed by atoms with Crippen molar-refractivity contribution in [3.8, 4) is 0 Å². The quantitative estimate of drug-likeness (QED) is 0.771. The second-order valence-electron chi connectivity index (χ2n) is 6.63. The van der Waals surface area contributed by atoms with Gasteiger partial charge >= 0.3 is 0 Å². The van der Waals surface area contributed by atoms with Crippen LogP contribution in [0.25, 0.3) is 0 Å². The van der Waals surface area contributed by atoms with Gasteiger partial charge in [-0.25, -0.2) is 4.98 Å². The van der Waals surface area contributed by atoms with Gasteiger partial charge in [0.1, 0.15) is 5.82 Å².